The summed E-state index contributed by atoms with van der Waals surface area (Å²) in [5.41, 5.74) is -2.22. The summed E-state index contributed by atoms with van der Waals surface area (Å²) in [6.45, 7) is 10.6. The third kappa shape index (κ3) is 7.58. The molecule has 0 aromatic rings. The molecule has 0 bridgehead atoms. The molecular formula is C40H70O14. The van der Waals surface area contributed by atoms with Gasteiger partial charge in [-0.2, -0.15) is 0 Å². The van der Waals surface area contributed by atoms with Crippen LogP contribution in [0.15, 0.2) is 0 Å². The summed E-state index contributed by atoms with van der Waals surface area (Å²) in [4.78, 5) is 0. The molecule has 2 heterocycles. The molecule has 6 aliphatic rings. The monoisotopic (exact) mass is 774 g/mol. The number of aliphatic hydroxyl groups is 9. The first-order chi connectivity index (χ1) is 25.4. The van der Waals surface area contributed by atoms with Gasteiger partial charge in [0, 0.05) is 19.4 Å². The Labute approximate surface area is 320 Å². The number of rotatable bonds is 12. The molecule has 0 aromatic carbocycles. The highest BCUT2D eigenvalue weighted by molar-refractivity contribution is 5.21. The van der Waals surface area contributed by atoms with Gasteiger partial charge in [-0.3, -0.25) is 0 Å². The minimum Gasteiger partial charge on any atom is -0.393 e. The molecule has 0 unspecified atom stereocenters. The normalized spacial score (nSPS) is 52.0. The molecule has 9 N–H and O–H groups in total. The summed E-state index contributed by atoms with van der Waals surface area (Å²) in [5.74, 6) is -0.521. The van der Waals surface area contributed by atoms with Crippen molar-refractivity contribution >= 4 is 0 Å². The van der Waals surface area contributed by atoms with Gasteiger partial charge in [0.25, 0.3) is 0 Å². The van der Waals surface area contributed by atoms with E-state index in [1.54, 1.807) is 0 Å². The highest BCUT2D eigenvalue weighted by Crippen LogP contribution is 2.70. The maximum absolute atomic E-state index is 12.6. The first kappa shape index (κ1) is 43.0. The van der Waals surface area contributed by atoms with E-state index >= 15 is 0 Å². The second-order valence-corrected chi connectivity index (χ2v) is 18.9. The maximum Gasteiger partial charge on any atom is 0.187 e. The second kappa shape index (κ2) is 16.6. The number of fused-ring (bicyclic) bond motifs is 5. The van der Waals surface area contributed by atoms with Gasteiger partial charge in [0.05, 0.1) is 49.8 Å². The van der Waals surface area contributed by atoms with E-state index in [1.165, 1.54) is 7.11 Å². The Morgan fingerprint density at radius 2 is 1.35 bits per heavy atom. The van der Waals surface area contributed by atoms with Gasteiger partial charge in [0.1, 0.15) is 36.6 Å². The molecule has 0 spiro atoms. The lowest BCUT2D eigenvalue weighted by Crippen LogP contribution is -2.68. The lowest BCUT2D eigenvalue weighted by atomic mass is 9.42. The van der Waals surface area contributed by atoms with Gasteiger partial charge in [-0.25, -0.2) is 0 Å². The molecule has 54 heavy (non-hydrogen) atoms. The lowest BCUT2D eigenvalue weighted by molar-refractivity contribution is -0.345. The Hall–Kier alpha value is -0.560. The summed E-state index contributed by atoms with van der Waals surface area (Å²) in [5, 5.41) is 99.6. The minimum absolute atomic E-state index is 0.0304. The zero-order valence-electron chi connectivity index (χ0n) is 33.0. The summed E-state index contributed by atoms with van der Waals surface area (Å²) in [6.07, 6.45) is -7.00. The van der Waals surface area contributed by atoms with Crippen LogP contribution in [0.3, 0.4) is 0 Å². The van der Waals surface area contributed by atoms with Crippen LogP contribution >= 0.6 is 0 Å². The van der Waals surface area contributed by atoms with Crippen LogP contribution in [0.4, 0.5) is 0 Å². The number of hydrogen-bond donors (Lipinski definition) is 9. The number of methoxy groups -OCH3 is 1. The molecule has 0 amide bonds. The minimum atomic E-state index is -1.36. The topological polar surface area (TPSA) is 228 Å². The van der Waals surface area contributed by atoms with Crippen molar-refractivity contribution in [1.82, 2.24) is 0 Å². The van der Waals surface area contributed by atoms with E-state index in [9.17, 15) is 46.0 Å². The summed E-state index contributed by atoms with van der Waals surface area (Å²) in [7, 11) is 1.34. The van der Waals surface area contributed by atoms with Gasteiger partial charge in [0.2, 0.25) is 0 Å². The molecule has 6 rings (SSSR count). The average molecular weight is 775 g/mol. The molecule has 21 atom stereocenters. The SMILES string of the molecule is CO[C@H]1[C@H](O[C@H]2[C@H](OCC[C@@H](CC[C@@H](C)[C@H]3[C@@H](O)[C@@H](O)[C@@H]4[C@]3(C)CC[C@@H]3[C@@]5(C)CC[C@H](O)C[C@@H]5[C@@H](O)C[C@]34O)C(C)C)OC[C@@H](O)[C@@H]2O)OC[C@@H](O)[C@@H]1O. The molecule has 314 valence electrons. The lowest BCUT2D eigenvalue weighted by Gasteiger charge is -2.65. The van der Waals surface area contributed by atoms with Crippen molar-refractivity contribution in [2.45, 2.75) is 172 Å². The third-order valence-corrected chi connectivity index (χ3v) is 15.6. The molecule has 14 heteroatoms. The van der Waals surface area contributed by atoms with Crippen molar-refractivity contribution in [3.8, 4) is 0 Å². The molecule has 4 aliphatic carbocycles. The highest BCUT2D eigenvalue weighted by Gasteiger charge is 2.72. The van der Waals surface area contributed by atoms with Crippen LogP contribution < -0.4 is 0 Å². The maximum atomic E-state index is 12.6. The van der Waals surface area contributed by atoms with Gasteiger partial charge < -0.3 is 69.6 Å². The van der Waals surface area contributed by atoms with Crippen LogP contribution in [-0.4, -0.2) is 152 Å². The fourth-order valence-corrected chi connectivity index (χ4v) is 12.7. The van der Waals surface area contributed by atoms with E-state index in [0.717, 1.165) is 25.7 Å². The first-order valence-corrected chi connectivity index (χ1v) is 20.6. The van der Waals surface area contributed by atoms with Crippen molar-refractivity contribution in [3.63, 3.8) is 0 Å². The van der Waals surface area contributed by atoms with Crippen molar-refractivity contribution < 1.29 is 69.6 Å². The fraction of sp³-hybridized carbons (Fsp3) is 1.00. The quantitative estimate of drug-likeness (QED) is 0.133. The standard InChI is InChI=1S/C40H70O14/c1-19(2)21(11-14-51-36-34(30(46)26(44)17-52-36)54-37-33(50-6)29(45)25(43)18-53-37)8-7-20(3)28-31(47)32(48)35-39(28,5)13-10-27-38(4)12-9-22(41)15-23(38)24(42)16-40(27,35)49/h19-37,41-49H,7-18H2,1-6H3/t20-,21-,22+,23-,24+,25-,26-,27-,28+,29+,30+,31-,32-,33-,34-,35-,36-,37+,38+,39-,40+/m1/s1. The first-order valence-electron chi connectivity index (χ1n) is 20.6. The van der Waals surface area contributed by atoms with Gasteiger partial charge >= 0.3 is 0 Å². The Kier molecular flexibility index (Phi) is 13.2. The average Bonchev–Trinajstić information content (AvgIpc) is 3.32. The summed E-state index contributed by atoms with van der Waals surface area (Å²) in [6, 6.07) is 0. The van der Waals surface area contributed by atoms with E-state index in [1.807, 2.05) is 0 Å². The van der Waals surface area contributed by atoms with Crippen LogP contribution in [0.1, 0.15) is 92.4 Å². The van der Waals surface area contributed by atoms with Crippen molar-refractivity contribution in [2.75, 3.05) is 26.9 Å². The molecule has 6 fully saturated rings. The van der Waals surface area contributed by atoms with Crippen LogP contribution in [0.25, 0.3) is 0 Å². The summed E-state index contributed by atoms with van der Waals surface area (Å²) >= 11 is 0. The molecule has 4 saturated carbocycles. The van der Waals surface area contributed by atoms with Gasteiger partial charge in [-0.15, -0.1) is 0 Å². The molecule has 2 aliphatic heterocycles. The van der Waals surface area contributed by atoms with Crippen LogP contribution in [0, 0.1) is 52.3 Å². The fourth-order valence-electron chi connectivity index (χ4n) is 12.7. The highest BCUT2D eigenvalue weighted by atomic mass is 16.8. The van der Waals surface area contributed by atoms with Gasteiger partial charge in [0.15, 0.2) is 12.6 Å². The van der Waals surface area contributed by atoms with Gasteiger partial charge in [-0.1, -0.05) is 41.0 Å². The smallest absolute Gasteiger partial charge is 0.187 e. The molecule has 0 radical (unpaired) electrons. The number of aliphatic hydroxyl groups excluding tert-OH is 8. The summed E-state index contributed by atoms with van der Waals surface area (Å²) < 4.78 is 28.7. The Balaban J connectivity index is 1.08. The van der Waals surface area contributed by atoms with E-state index in [0.29, 0.717) is 31.6 Å². The Morgan fingerprint density at radius 1 is 0.722 bits per heavy atom. The van der Waals surface area contributed by atoms with Crippen molar-refractivity contribution in [2.24, 2.45) is 52.3 Å². The predicted octanol–water partition coefficient (Wildman–Crippen LogP) is 0.685. The zero-order chi connectivity index (χ0) is 39.5. The number of hydrogen-bond acceptors (Lipinski definition) is 14. The molecule has 0 aromatic heterocycles. The molecular weight excluding hydrogens is 704 g/mol. The van der Waals surface area contributed by atoms with Crippen molar-refractivity contribution in [3.05, 3.63) is 0 Å². The second-order valence-electron chi connectivity index (χ2n) is 18.9. The Morgan fingerprint density at radius 3 is 2.00 bits per heavy atom. The zero-order valence-corrected chi connectivity index (χ0v) is 33.0. The van der Waals surface area contributed by atoms with E-state index in [2.05, 4.69) is 34.6 Å². The van der Waals surface area contributed by atoms with Gasteiger partial charge in [-0.05, 0) is 91.3 Å². The third-order valence-electron chi connectivity index (χ3n) is 15.6. The molecule has 2 saturated heterocycles. The van der Waals surface area contributed by atoms with Crippen molar-refractivity contribution in [1.29, 1.82) is 0 Å². The molecule has 14 nitrogen and oxygen atoms in total. The Bertz CT molecular complexity index is 1240. The number of ether oxygens (including phenoxy) is 5. The van der Waals surface area contributed by atoms with E-state index in [-0.39, 0.29) is 61.2 Å². The largest absolute Gasteiger partial charge is 0.393 e. The van der Waals surface area contributed by atoms with E-state index < -0.39 is 90.6 Å². The van der Waals surface area contributed by atoms with Crippen LogP contribution in [0.2, 0.25) is 0 Å². The van der Waals surface area contributed by atoms with E-state index in [4.69, 9.17) is 23.7 Å². The predicted molar refractivity (Wildman–Crippen MR) is 193 cm³/mol. The van der Waals surface area contributed by atoms with Crippen LogP contribution in [0.5, 0.6) is 0 Å². The van der Waals surface area contributed by atoms with Crippen LogP contribution in [-0.2, 0) is 23.7 Å².